The van der Waals surface area contributed by atoms with Gasteiger partial charge in [-0.3, -0.25) is 15.1 Å². The zero-order valence-corrected chi connectivity index (χ0v) is 16.0. The van der Waals surface area contributed by atoms with E-state index >= 15 is 0 Å². The highest BCUT2D eigenvalue weighted by atomic mass is 19.1. The van der Waals surface area contributed by atoms with Crippen LogP contribution in [-0.4, -0.2) is 16.0 Å². The topological polar surface area (TPSA) is 68.0 Å². The van der Waals surface area contributed by atoms with E-state index in [9.17, 15) is 13.6 Å². The molecule has 0 spiro atoms. The molecule has 0 saturated carbocycles. The Labute approximate surface area is 171 Å². The van der Waals surface area contributed by atoms with Crippen molar-refractivity contribution in [2.24, 2.45) is 0 Å². The minimum Gasteiger partial charge on any atom is -0.337 e. The molecule has 2 heterocycles. The summed E-state index contributed by atoms with van der Waals surface area (Å²) in [6.07, 6.45) is 3.12. The number of aromatic nitrogens is 2. The number of halogens is 2. The van der Waals surface area contributed by atoms with E-state index in [0.717, 1.165) is 17.7 Å². The number of carbonyl (C=O) groups excluding carboxylic acids is 1. The van der Waals surface area contributed by atoms with Gasteiger partial charge in [0.1, 0.15) is 17.3 Å². The van der Waals surface area contributed by atoms with Crippen molar-refractivity contribution >= 4 is 11.8 Å². The molecule has 1 atom stereocenters. The number of rotatable bonds is 5. The first kappa shape index (κ1) is 19.4. The molecule has 1 unspecified atom stereocenters. The van der Waals surface area contributed by atoms with Crippen LogP contribution in [0.1, 0.15) is 18.4 Å². The number of hydrogen-bond donors (Lipinski definition) is 1. The fourth-order valence-electron chi connectivity index (χ4n) is 3.14. The zero-order valence-electron chi connectivity index (χ0n) is 16.0. The summed E-state index contributed by atoms with van der Waals surface area (Å²) in [5, 5.41) is 6.71. The van der Waals surface area contributed by atoms with E-state index in [-0.39, 0.29) is 23.0 Å². The summed E-state index contributed by atoms with van der Waals surface area (Å²) in [6.45, 7) is 1.77. The molecular formula is C23H17F2N3O2. The number of nitrogens with one attached hydrogen (secondary N) is 1. The van der Waals surface area contributed by atoms with Gasteiger partial charge in [0.25, 0.3) is 0 Å². The minimum atomic E-state index is -0.783. The fraction of sp³-hybridized carbons (Fsp3) is 0.0870. The van der Waals surface area contributed by atoms with Gasteiger partial charge in [-0.15, -0.1) is 0 Å². The molecule has 0 radical (unpaired) electrons. The van der Waals surface area contributed by atoms with Crippen molar-refractivity contribution in [3.63, 3.8) is 0 Å². The van der Waals surface area contributed by atoms with Crippen molar-refractivity contribution in [1.82, 2.24) is 10.1 Å². The molecule has 1 N–H and O–H groups in total. The van der Waals surface area contributed by atoms with E-state index in [1.54, 1.807) is 31.5 Å². The summed E-state index contributed by atoms with van der Waals surface area (Å²) in [5.41, 5.74) is 2.05. The van der Waals surface area contributed by atoms with Crippen molar-refractivity contribution in [2.75, 3.05) is 5.32 Å². The number of pyridine rings is 1. The normalized spacial score (nSPS) is 11.8. The lowest BCUT2D eigenvalue weighted by molar-refractivity contribution is -0.117. The molecule has 0 aliphatic carbocycles. The van der Waals surface area contributed by atoms with Gasteiger partial charge in [0, 0.05) is 24.0 Å². The van der Waals surface area contributed by atoms with Gasteiger partial charge in [-0.25, -0.2) is 8.78 Å². The van der Waals surface area contributed by atoms with Crippen LogP contribution in [0.25, 0.3) is 22.4 Å². The van der Waals surface area contributed by atoms with E-state index in [4.69, 9.17) is 4.52 Å². The summed E-state index contributed by atoms with van der Waals surface area (Å²) in [4.78, 5) is 16.8. The molecular weight excluding hydrogens is 388 g/mol. The van der Waals surface area contributed by atoms with Gasteiger partial charge in [-0.1, -0.05) is 35.5 Å². The predicted molar refractivity (Wildman–Crippen MR) is 109 cm³/mol. The molecule has 5 nitrogen and oxygen atoms in total. The summed E-state index contributed by atoms with van der Waals surface area (Å²) >= 11 is 0. The molecule has 0 saturated heterocycles. The Morgan fingerprint density at radius 1 is 1.03 bits per heavy atom. The minimum absolute atomic E-state index is 0.0589. The summed E-state index contributed by atoms with van der Waals surface area (Å²) < 4.78 is 33.2. The van der Waals surface area contributed by atoms with Gasteiger partial charge in [-0.05, 0) is 42.3 Å². The molecule has 7 heteroatoms. The van der Waals surface area contributed by atoms with Crippen molar-refractivity contribution in [3.8, 4) is 22.4 Å². The van der Waals surface area contributed by atoms with E-state index < -0.39 is 17.6 Å². The lowest BCUT2D eigenvalue weighted by Crippen LogP contribution is -2.18. The molecule has 0 aliphatic rings. The first-order valence-corrected chi connectivity index (χ1v) is 9.26. The third kappa shape index (κ3) is 3.82. The second-order valence-electron chi connectivity index (χ2n) is 6.72. The molecule has 2 aromatic carbocycles. The Kier molecular flexibility index (Phi) is 5.34. The lowest BCUT2D eigenvalue weighted by atomic mass is 9.99. The first-order chi connectivity index (χ1) is 14.5. The zero-order chi connectivity index (χ0) is 21.1. The van der Waals surface area contributed by atoms with Crippen molar-refractivity contribution in [3.05, 3.63) is 90.3 Å². The second kappa shape index (κ2) is 8.24. The van der Waals surface area contributed by atoms with Crippen molar-refractivity contribution in [1.29, 1.82) is 0 Å². The molecule has 2 aromatic heterocycles. The average Bonchev–Trinajstić information content (AvgIpc) is 3.17. The molecule has 4 rings (SSSR count). The molecule has 4 aromatic rings. The highest BCUT2D eigenvalue weighted by Gasteiger charge is 2.25. The molecule has 1 amide bonds. The van der Waals surface area contributed by atoms with Crippen LogP contribution >= 0.6 is 0 Å². The van der Waals surface area contributed by atoms with Crippen LogP contribution in [0, 0.1) is 11.6 Å². The van der Waals surface area contributed by atoms with Crippen LogP contribution in [-0.2, 0) is 4.79 Å². The van der Waals surface area contributed by atoms with Crippen LogP contribution in [0.3, 0.4) is 0 Å². The SMILES string of the molecule is CC(C(=O)Nc1onc(-c2ccc(F)cc2F)c1-c1ccncc1)c1ccccc1. The van der Waals surface area contributed by atoms with Gasteiger partial charge in [0.2, 0.25) is 11.8 Å². The van der Waals surface area contributed by atoms with Crippen LogP contribution in [0.5, 0.6) is 0 Å². The van der Waals surface area contributed by atoms with Crippen LogP contribution in [0.15, 0.2) is 77.6 Å². The molecule has 30 heavy (non-hydrogen) atoms. The maximum atomic E-state index is 14.4. The number of carbonyl (C=O) groups is 1. The third-order valence-electron chi connectivity index (χ3n) is 4.78. The first-order valence-electron chi connectivity index (χ1n) is 9.26. The number of anilines is 1. The van der Waals surface area contributed by atoms with Gasteiger partial charge >= 0.3 is 0 Å². The van der Waals surface area contributed by atoms with Crippen molar-refractivity contribution in [2.45, 2.75) is 12.8 Å². The summed E-state index contributed by atoms with van der Waals surface area (Å²) in [5.74, 6) is -2.16. The van der Waals surface area contributed by atoms with Gasteiger partial charge in [0.05, 0.1) is 11.5 Å². The van der Waals surface area contributed by atoms with Gasteiger partial charge < -0.3 is 4.52 Å². The Balaban J connectivity index is 1.75. The van der Waals surface area contributed by atoms with E-state index in [2.05, 4.69) is 15.5 Å². The molecule has 0 fully saturated rings. The summed E-state index contributed by atoms with van der Waals surface area (Å²) in [7, 11) is 0. The Bertz CT molecular complexity index is 1180. The number of amides is 1. The number of benzene rings is 2. The molecule has 0 aliphatic heterocycles. The average molecular weight is 405 g/mol. The maximum absolute atomic E-state index is 14.4. The monoisotopic (exact) mass is 405 g/mol. The lowest BCUT2D eigenvalue weighted by Gasteiger charge is -2.12. The van der Waals surface area contributed by atoms with Crippen LogP contribution in [0.2, 0.25) is 0 Å². The van der Waals surface area contributed by atoms with Crippen molar-refractivity contribution < 1.29 is 18.1 Å². The van der Waals surface area contributed by atoms with Gasteiger partial charge in [-0.2, -0.15) is 0 Å². The number of hydrogen-bond acceptors (Lipinski definition) is 4. The van der Waals surface area contributed by atoms with E-state index in [1.165, 1.54) is 6.07 Å². The standard InChI is InChI=1S/C23H17F2N3O2/c1-14(15-5-3-2-4-6-15)22(29)27-23-20(16-9-11-26-12-10-16)21(28-30-23)18-8-7-17(24)13-19(18)25/h2-14H,1H3,(H,27,29). The Hall–Kier alpha value is -3.87. The highest BCUT2D eigenvalue weighted by molar-refractivity contribution is 5.99. The summed E-state index contributed by atoms with van der Waals surface area (Å²) in [6, 6.07) is 15.9. The third-order valence-corrected chi connectivity index (χ3v) is 4.78. The largest absolute Gasteiger partial charge is 0.337 e. The molecule has 150 valence electrons. The highest BCUT2D eigenvalue weighted by Crippen LogP contribution is 2.39. The van der Waals surface area contributed by atoms with E-state index in [0.29, 0.717) is 11.1 Å². The number of nitrogens with zero attached hydrogens (tertiary/aromatic N) is 2. The van der Waals surface area contributed by atoms with Crippen LogP contribution < -0.4 is 5.32 Å². The predicted octanol–water partition coefficient (Wildman–Crippen LogP) is 5.42. The van der Waals surface area contributed by atoms with E-state index in [1.807, 2.05) is 30.3 Å². The second-order valence-corrected chi connectivity index (χ2v) is 6.72. The fourth-order valence-corrected chi connectivity index (χ4v) is 3.14. The smallest absolute Gasteiger partial charge is 0.239 e. The van der Waals surface area contributed by atoms with Gasteiger partial charge in [0.15, 0.2) is 0 Å². The quantitative estimate of drug-likeness (QED) is 0.481. The maximum Gasteiger partial charge on any atom is 0.239 e. The van der Waals surface area contributed by atoms with Crippen LogP contribution in [0.4, 0.5) is 14.7 Å². The Morgan fingerprint density at radius 3 is 2.47 bits per heavy atom. The molecule has 0 bridgehead atoms. The Morgan fingerprint density at radius 2 is 1.77 bits per heavy atom.